The lowest BCUT2D eigenvalue weighted by Gasteiger charge is -2.08. The molecule has 112 valence electrons. The molecule has 0 unspecified atom stereocenters. The number of aromatic nitrogens is 1. The molecule has 21 heavy (non-hydrogen) atoms. The number of hydrogen-bond donors (Lipinski definition) is 1. The molecule has 1 aliphatic rings. The van der Waals surface area contributed by atoms with Crippen molar-refractivity contribution >= 4 is 11.3 Å². The van der Waals surface area contributed by atoms with Crippen molar-refractivity contribution in [3.63, 3.8) is 0 Å². The summed E-state index contributed by atoms with van der Waals surface area (Å²) in [6.45, 7) is 1.96. The van der Waals surface area contributed by atoms with E-state index in [2.05, 4.69) is 10.3 Å². The largest absolute Gasteiger partial charge is 0.497 e. The molecular weight excluding hydrogens is 284 g/mol. The fourth-order valence-corrected chi connectivity index (χ4v) is 3.14. The van der Waals surface area contributed by atoms with Gasteiger partial charge in [-0.05, 0) is 37.4 Å². The van der Waals surface area contributed by atoms with Crippen LogP contribution in [0.25, 0.3) is 10.4 Å². The molecule has 1 N–H and O–H groups in total. The van der Waals surface area contributed by atoms with Gasteiger partial charge in [-0.2, -0.15) is 0 Å². The number of rotatable bonds is 7. The van der Waals surface area contributed by atoms with Gasteiger partial charge in [0.2, 0.25) is 0 Å². The fraction of sp³-hybridized carbons (Fsp3) is 0.438. The summed E-state index contributed by atoms with van der Waals surface area (Å²) in [7, 11) is 3.34. The van der Waals surface area contributed by atoms with E-state index >= 15 is 0 Å². The van der Waals surface area contributed by atoms with Gasteiger partial charge in [0.05, 0.1) is 19.1 Å². The Balaban J connectivity index is 1.72. The molecule has 0 amide bonds. The van der Waals surface area contributed by atoms with Crippen molar-refractivity contribution in [1.82, 2.24) is 10.3 Å². The Hall–Kier alpha value is -1.59. The van der Waals surface area contributed by atoms with Gasteiger partial charge in [0, 0.05) is 24.4 Å². The van der Waals surface area contributed by atoms with Crippen LogP contribution in [0.5, 0.6) is 11.5 Å². The average molecular weight is 304 g/mol. The van der Waals surface area contributed by atoms with E-state index in [9.17, 15) is 0 Å². The second-order valence-corrected chi connectivity index (χ2v) is 6.37. The van der Waals surface area contributed by atoms with Crippen LogP contribution in [-0.2, 0) is 6.54 Å². The van der Waals surface area contributed by atoms with Crippen molar-refractivity contribution in [3.05, 3.63) is 29.4 Å². The Labute approximate surface area is 129 Å². The van der Waals surface area contributed by atoms with Gasteiger partial charge in [-0.25, -0.2) is 4.98 Å². The highest BCUT2D eigenvalue weighted by Crippen LogP contribution is 2.36. The standard InChI is InChI=1S/C16H20N2O2S/c1-19-12-5-6-13(14(7-12)20-2)15-9-18-16(21-15)10-17-8-11-3-4-11/h5-7,9,11,17H,3-4,8,10H2,1-2H3. The highest BCUT2D eigenvalue weighted by atomic mass is 32.1. The van der Waals surface area contributed by atoms with E-state index in [0.717, 1.165) is 46.0 Å². The number of ether oxygens (including phenoxy) is 2. The maximum Gasteiger partial charge on any atom is 0.131 e. The minimum Gasteiger partial charge on any atom is -0.497 e. The topological polar surface area (TPSA) is 43.4 Å². The average Bonchev–Trinajstić information content (AvgIpc) is 3.23. The van der Waals surface area contributed by atoms with Crippen LogP contribution >= 0.6 is 11.3 Å². The summed E-state index contributed by atoms with van der Waals surface area (Å²) >= 11 is 1.71. The second-order valence-electron chi connectivity index (χ2n) is 5.26. The summed E-state index contributed by atoms with van der Waals surface area (Å²) in [5, 5.41) is 4.59. The number of methoxy groups -OCH3 is 2. The van der Waals surface area contributed by atoms with Crippen molar-refractivity contribution in [2.45, 2.75) is 19.4 Å². The Kier molecular flexibility index (Phi) is 4.41. The minimum atomic E-state index is 0.798. The SMILES string of the molecule is COc1ccc(-c2cnc(CNCC3CC3)s2)c(OC)c1. The molecular formula is C16H20N2O2S. The molecule has 1 aromatic carbocycles. The smallest absolute Gasteiger partial charge is 0.131 e. The van der Waals surface area contributed by atoms with Crippen molar-refractivity contribution in [3.8, 4) is 21.9 Å². The molecule has 0 atom stereocenters. The Morgan fingerprint density at radius 3 is 2.86 bits per heavy atom. The number of benzene rings is 1. The van der Waals surface area contributed by atoms with E-state index in [1.165, 1.54) is 12.8 Å². The van der Waals surface area contributed by atoms with Crippen molar-refractivity contribution < 1.29 is 9.47 Å². The lowest BCUT2D eigenvalue weighted by molar-refractivity contribution is 0.395. The van der Waals surface area contributed by atoms with Gasteiger partial charge in [0.15, 0.2) is 0 Å². The van der Waals surface area contributed by atoms with Gasteiger partial charge >= 0.3 is 0 Å². The van der Waals surface area contributed by atoms with Crippen LogP contribution in [0.4, 0.5) is 0 Å². The first kappa shape index (κ1) is 14.4. The Morgan fingerprint density at radius 2 is 2.14 bits per heavy atom. The van der Waals surface area contributed by atoms with Crippen LogP contribution in [0.15, 0.2) is 24.4 Å². The minimum absolute atomic E-state index is 0.798. The molecule has 0 radical (unpaired) electrons. The van der Waals surface area contributed by atoms with E-state index in [0.29, 0.717) is 0 Å². The zero-order valence-corrected chi connectivity index (χ0v) is 13.2. The molecule has 0 spiro atoms. The van der Waals surface area contributed by atoms with Crippen molar-refractivity contribution in [1.29, 1.82) is 0 Å². The molecule has 4 nitrogen and oxygen atoms in total. The number of thiazole rings is 1. The zero-order valence-electron chi connectivity index (χ0n) is 12.4. The Bertz CT molecular complexity index is 608. The molecule has 2 aromatic rings. The third kappa shape index (κ3) is 3.54. The third-order valence-electron chi connectivity index (χ3n) is 3.63. The van der Waals surface area contributed by atoms with Crippen LogP contribution in [0, 0.1) is 5.92 Å². The lowest BCUT2D eigenvalue weighted by Crippen LogP contribution is -2.15. The first-order valence-corrected chi connectivity index (χ1v) is 7.99. The predicted molar refractivity (Wildman–Crippen MR) is 85.1 cm³/mol. The molecule has 1 aromatic heterocycles. The van der Waals surface area contributed by atoms with Crippen LogP contribution in [0.3, 0.4) is 0 Å². The van der Waals surface area contributed by atoms with Gasteiger partial charge in [-0.15, -0.1) is 11.3 Å². The maximum atomic E-state index is 5.46. The molecule has 1 saturated carbocycles. The lowest BCUT2D eigenvalue weighted by atomic mass is 10.1. The first-order chi connectivity index (χ1) is 10.3. The highest BCUT2D eigenvalue weighted by Gasteiger charge is 2.20. The molecule has 1 heterocycles. The Morgan fingerprint density at radius 1 is 1.29 bits per heavy atom. The summed E-state index contributed by atoms with van der Waals surface area (Å²) in [5.74, 6) is 2.51. The monoisotopic (exact) mass is 304 g/mol. The van der Waals surface area contributed by atoms with Crippen LogP contribution in [0.2, 0.25) is 0 Å². The van der Waals surface area contributed by atoms with Gasteiger partial charge < -0.3 is 14.8 Å². The van der Waals surface area contributed by atoms with E-state index < -0.39 is 0 Å². The van der Waals surface area contributed by atoms with E-state index in [1.807, 2.05) is 24.4 Å². The predicted octanol–water partition coefficient (Wildman–Crippen LogP) is 3.33. The van der Waals surface area contributed by atoms with Gasteiger partial charge in [0.25, 0.3) is 0 Å². The number of nitrogens with zero attached hydrogens (tertiary/aromatic N) is 1. The normalized spacial score (nSPS) is 14.2. The number of hydrogen-bond acceptors (Lipinski definition) is 5. The maximum absolute atomic E-state index is 5.46. The summed E-state index contributed by atoms with van der Waals surface area (Å²) in [6.07, 6.45) is 4.67. The summed E-state index contributed by atoms with van der Waals surface area (Å²) in [4.78, 5) is 5.62. The quantitative estimate of drug-likeness (QED) is 0.852. The number of nitrogens with one attached hydrogen (secondary N) is 1. The molecule has 3 rings (SSSR count). The summed E-state index contributed by atoms with van der Waals surface area (Å²) < 4.78 is 10.7. The molecule has 1 aliphatic carbocycles. The van der Waals surface area contributed by atoms with Crippen LogP contribution in [-0.4, -0.2) is 25.7 Å². The first-order valence-electron chi connectivity index (χ1n) is 7.18. The summed E-state index contributed by atoms with van der Waals surface area (Å²) in [5.41, 5.74) is 1.06. The molecule has 5 heteroatoms. The molecule has 0 aliphatic heterocycles. The molecule has 1 fully saturated rings. The van der Waals surface area contributed by atoms with Crippen LogP contribution < -0.4 is 14.8 Å². The highest BCUT2D eigenvalue weighted by molar-refractivity contribution is 7.15. The van der Waals surface area contributed by atoms with E-state index in [4.69, 9.17) is 9.47 Å². The van der Waals surface area contributed by atoms with Crippen LogP contribution in [0.1, 0.15) is 17.8 Å². The van der Waals surface area contributed by atoms with Gasteiger partial charge in [-0.1, -0.05) is 0 Å². The van der Waals surface area contributed by atoms with E-state index in [-0.39, 0.29) is 0 Å². The third-order valence-corrected chi connectivity index (χ3v) is 4.66. The van der Waals surface area contributed by atoms with Gasteiger partial charge in [-0.3, -0.25) is 0 Å². The fourth-order valence-electron chi connectivity index (χ4n) is 2.22. The van der Waals surface area contributed by atoms with Crippen molar-refractivity contribution in [2.75, 3.05) is 20.8 Å². The second kappa shape index (κ2) is 6.45. The summed E-state index contributed by atoms with van der Waals surface area (Å²) in [6, 6.07) is 5.87. The molecule has 0 saturated heterocycles. The molecule has 0 bridgehead atoms. The van der Waals surface area contributed by atoms with Crippen molar-refractivity contribution in [2.24, 2.45) is 5.92 Å². The van der Waals surface area contributed by atoms with Gasteiger partial charge in [0.1, 0.15) is 16.5 Å². The zero-order chi connectivity index (χ0) is 14.7. The van der Waals surface area contributed by atoms with E-state index in [1.54, 1.807) is 25.6 Å².